The lowest BCUT2D eigenvalue weighted by molar-refractivity contribution is 0.670. The molecule has 242 valence electrons. The van der Waals surface area contributed by atoms with Crippen molar-refractivity contribution < 1.29 is 4.42 Å². The predicted octanol–water partition coefficient (Wildman–Crippen LogP) is 12.8. The fourth-order valence-electron chi connectivity index (χ4n) is 8.00. The maximum Gasteiger partial charge on any atom is 0.161 e. The van der Waals surface area contributed by atoms with Crippen LogP contribution in [0.15, 0.2) is 180 Å². The fourth-order valence-corrected chi connectivity index (χ4v) is 8.00. The first kappa shape index (κ1) is 28.8. The summed E-state index contributed by atoms with van der Waals surface area (Å²) in [7, 11) is 0. The van der Waals surface area contributed by atoms with Gasteiger partial charge >= 0.3 is 0 Å². The number of nitrogens with zero attached hydrogens (tertiary/aromatic N) is 3. The third-order valence-corrected chi connectivity index (χ3v) is 10.4. The quantitative estimate of drug-likeness (QED) is 0.188. The van der Waals surface area contributed by atoms with Gasteiger partial charge in [0.05, 0.1) is 28.1 Å². The normalized spacial score (nSPS) is 11.8. The SMILES string of the molecule is c1ccc(-c2cc(-c3cccc4c3oc3ccccc34)nc(-c3ccc(-n4c5ccccc5c5cc6ccccc6cc54)c4ccccc34)n2)cc1. The molecular weight excluding hydrogens is 635 g/mol. The van der Waals surface area contributed by atoms with Crippen molar-refractivity contribution in [3.05, 3.63) is 176 Å². The van der Waals surface area contributed by atoms with Gasteiger partial charge in [-0.15, -0.1) is 0 Å². The highest BCUT2D eigenvalue weighted by Gasteiger charge is 2.20. The highest BCUT2D eigenvalue weighted by atomic mass is 16.3. The van der Waals surface area contributed by atoms with E-state index >= 15 is 0 Å². The van der Waals surface area contributed by atoms with Gasteiger partial charge in [-0.1, -0.05) is 127 Å². The first-order chi connectivity index (χ1) is 25.8. The van der Waals surface area contributed by atoms with E-state index < -0.39 is 0 Å². The molecule has 0 unspecified atom stereocenters. The number of benzene rings is 8. The zero-order chi connectivity index (χ0) is 34.2. The Morgan fingerprint density at radius 2 is 1.08 bits per heavy atom. The van der Waals surface area contributed by atoms with Gasteiger partial charge < -0.3 is 8.98 Å². The highest BCUT2D eigenvalue weighted by Crippen LogP contribution is 2.41. The van der Waals surface area contributed by atoms with Crippen LogP contribution in [0.4, 0.5) is 0 Å². The summed E-state index contributed by atoms with van der Waals surface area (Å²) < 4.78 is 8.91. The summed E-state index contributed by atoms with van der Waals surface area (Å²) in [5.74, 6) is 0.667. The van der Waals surface area contributed by atoms with E-state index in [9.17, 15) is 0 Å². The second-order valence-corrected chi connectivity index (χ2v) is 13.4. The molecule has 3 heterocycles. The molecule has 52 heavy (non-hydrogen) atoms. The number of furan rings is 1. The zero-order valence-corrected chi connectivity index (χ0v) is 28.0. The standard InChI is InChI=1S/C48H29N3O/c1-2-13-30(14-3-1)41-29-42(39-22-12-21-37-36-20-9-11-24-46(36)52-47(37)39)50-48(49-41)38-25-26-44(34-18-7-6-17-33(34)38)51-43-23-10-8-19-35(43)40-27-31-15-4-5-16-32(31)28-45(40)51/h1-29H. The van der Waals surface area contributed by atoms with Crippen molar-refractivity contribution >= 4 is 65.3 Å². The molecule has 3 aromatic heterocycles. The van der Waals surface area contributed by atoms with Crippen molar-refractivity contribution in [1.29, 1.82) is 0 Å². The van der Waals surface area contributed by atoms with E-state index in [4.69, 9.17) is 14.4 Å². The molecule has 0 amide bonds. The summed E-state index contributed by atoms with van der Waals surface area (Å²) >= 11 is 0. The van der Waals surface area contributed by atoms with Gasteiger partial charge in [-0.05, 0) is 64.7 Å². The fraction of sp³-hybridized carbons (Fsp3) is 0. The van der Waals surface area contributed by atoms with Crippen LogP contribution in [0.1, 0.15) is 0 Å². The van der Waals surface area contributed by atoms with Crippen LogP contribution in [0.25, 0.3) is 105 Å². The smallest absolute Gasteiger partial charge is 0.161 e. The average molecular weight is 664 g/mol. The van der Waals surface area contributed by atoms with Gasteiger partial charge in [-0.2, -0.15) is 0 Å². The lowest BCUT2D eigenvalue weighted by atomic mass is 10.0. The van der Waals surface area contributed by atoms with E-state index in [1.807, 2.05) is 18.2 Å². The summed E-state index contributed by atoms with van der Waals surface area (Å²) in [6.45, 7) is 0. The molecule has 4 heteroatoms. The minimum atomic E-state index is 0.667. The largest absolute Gasteiger partial charge is 0.455 e. The van der Waals surface area contributed by atoms with Crippen molar-refractivity contribution in [2.45, 2.75) is 0 Å². The van der Waals surface area contributed by atoms with Crippen LogP contribution in [-0.4, -0.2) is 14.5 Å². The number of para-hydroxylation sites is 3. The molecule has 11 aromatic rings. The maximum atomic E-state index is 6.49. The van der Waals surface area contributed by atoms with Crippen LogP contribution < -0.4 is 0 Å². The number of hydrogen-bond acceptors (Lipinski definition) is 3. The van der Waals surface area contributed by atoms with Crippen molar-refractivity contribution in [1.82, 2.24) is 14.5 Å². The Labute approximate surface area is 298 Å². The van der Waals surface area contributed by atoms with Crippen molar-refractivity contribution in [3.8, 4) is 39.6 Å². The third-order valence-electron chi connectivity index (χ3n) is 10.4. The van der Waals surface area contributed by atoms with Crippen LogP contribution in [0.3, 0.4) is 0 Å². The predicted molar refractivity (Wildman–Crippen MR) is 215 cm³/mol. The molecule has 0 aliphatic carbocycles. The molecule has 8 aromatic carbocycles. The summed E-state index contributed by atoms with van der Waals surface area (Å²) in [6.07, 6.45) is 0. The van der Waals surface area contributed by atoms with E-state index in [0.29, 0.717) is 5.82 Å². The van der Waals surface area contributed by atoms with Crippen LogP contribution in [0, 0.1) is 0 Å². The topological polar surface area (TPSA) is 43.9 Å². The lowest BCUT2D eigenvalue weighted by Crippen LogP contribution is -1.99. The minimum absolute atomic E-state index is 0.667. The van der Waals surface area contributed by atoms with Crippen LogP contribution in [0.2, 0.25) is 0 Å². The Morgan fingerprint density at radius 1 is 0.404 bits per heavy atom. The van der Waals surface area contributed by atoms with E-state index in [-0.39, 0.29) is 0 Å². The number of aromatic nitrogens is 3. The van der Waals surface area contributed by atoms with Gasteiger partial charge in [-0.3, -0.25) is 0 Å². The molecule has 0 N–H and O–H groups in total. The molecule has 0 atom stereocenters. The molecule has 0 bridgehead atoms. The second-order valence-electron chi connectivity index (χ2n) is 13.4. The Morgan fingerprint density at radius 3 is 1.94 bits per heavy atom. The van der Waals surface area contributed by atoms with Crippen molar-refractivity contribution in [3.63, 3.8) is 0 Å². The number of hydrogen-bond donors (Lipinski definition) is 0. The van der Waals surface area contributed by atoms with Gasteiger partial charge in [0, 0.05) is 43.6 Å². The van der Waals surface area contributed by atoms with Crippen LogP contribution in [-0.2, 0) is 0 Å². The minimum Gasteiger partial charge on any atom is -0.455 e. The van der Waals surface area contributed by atoms with Gasteiger partial charge in [-0.25, -0.2) is 9.97 Å². The summed E-state index contributed by atoms with van der Waals surface area (Å²) in [6, 6.07) is 61.9. The number of rotatable bonds is 4. The average Bonchev–Trinajstić information content (AvgIpc) is 3.75. The molecular formula is C48H29N3O. The van der Waals surface area contributed by atoms with Crippen LogP contribution in [0.5, 0.6) is 0 Å². The monoisotopic (exact) mass is 663 g/mol. The maximum absolute atomic E-state index is 6.49. The first-order valence-electron chi connectivity index (χ1n) is 17.6. The van der Waals surface area contributed by atoms with Gasteiger partial charge in [0.2, 0.25) is 0 Å². The summed E-state index contributed by atoms with van der Waals surface area (Å²) in [5.41, 5.74) is 9.78. The molecule has 0 saturated carbocycles. The van der Waals surface area contributed by atoms with E-state index in [1.165, 1.54) is 32.6 Å². The van der Waals surface area contributed by atoms with Crippen molar-refractivity contribution in [2.75, 3.05) is 0 Å². The molecule has 4 nitrogen and oxygen atoms in total. The van der Waals surface area contributed by atoms with E-state index in [0.717, 1.165) is 66.5 Å². The zero-order valence-electron chi connectivity index (χ0n) is 28.0. The molecule has 11 rings (SSSR count). The van der Waals surface area contributed by atoms with E-state index in [2.05, 4.69) is 162 Å². The van der Waals surface area contributed by atoms with E-state index in [1.54, 1.807) is 0 Å². The Hall–Kier alpha value is -7.04. The second kappa shape index (κ2) is 11.2. The lowest BCUT2D eigenvalue weighted by Gasteiger charge is -2.15. The Balaban J connectivity index is 1.17. The third kappa shape index (κ3) is 4.34. The van der Waals surface area contributed by atoms with Gasteiger partial charge in [0.15, 0.2) is 5.82 Å². The molecule has 0 spiro atoms. The molecule has 0 fully saturated rings. The summed E-state index contributed by atoms with van der Waals surface area (Å²) in [5, 5.41) is 9.32. The molecule has 0 radical (unpaired) electrons. The highest BCUT2D eigenvalue weighted by molar-refractivity contribution is 6.15. The molecule has 0 aliphatic heterocycles. The van der Waals surface area contributed by atoms with Crippen molar-refractivity contribution in [2.24, 2.45) is 0 Å². The Kier molecular flexibility index (Phi) is 6.22. The van der Waals surface area contributed by atoms with Gasteiger partial charge in [0.1, 0.15) is 11.2 Å². The summed E-state index contributed by atoms with van der Waals surface area (Å²) in [4.78, 5) is 10.6. The number of fused-ring (bicyclic) bond motifs is 8. The van der Waals surface area contributed by atoms with Gasteiger partial charge in [0.25, 0.3) is 0 Å². The first-order valence-corrected chi connectivity index (χ1v) is 17.6. The van der Waals surface area contributed by atoms with Crippen LogP contribution >= 0.6 is 0 Å². The molecule has 0 saturated heterocycles. The Bertz CT molecular complexity index is 3190. The molecule has 0 aliphatic rings.